The van der Waals surface area contributed by atoms with Gasteiger partial charge in [-0.1, -0.05) is 0 Å². The molecular formula is C16H20N4O5. The summed E-state index contributed by atoms with van der Waals surface area (Å²) in [5, 5.41) is 0. The van der Waals surface area contributed by atoms with E-state index in [1.807, 2.05) is 0 Å². The van der Waals surface area contributed by atoms with Gasteiger partial charge in [0.1, 0.15) is 5.69 Å². The van der Waals surface area contributed by atoms with Gasteiger partial charge >= 0.3 is 0 Å². The third-order valence-corrected chi connectivity index (χ3v) is 3.55. The summed E-state index contributed by atoms with van der Waals surface area (Å²) in [6, 6.07) is 2.97. The summed E-state index contributed by atoms with van der Waals surface area (Å²) < 4.78 is 17.2. The van der Waals surface area contributed by atoms with Gasteiger partial charge in [0.2, 0.25) is 5.75 Å². The molecule has 0 aliphatic rings. The number of aryl methyl sites for hydroxylation is 2. The minimum Gasteiger partial charge on any atom is -0.493 e. The molecule has 0 aliphatic heterocycles. The zero-order valence-electron chi connectivity index (χ0n) is 14.7. The van der Waals surface area contributed by atoms with Crippen LogP contribution in [0.25, 0.3) is 0 Å². The highest BCUT2D eigenvalue weighted by Crippen LogP contribution is 2.38. The number of amides is 2. The lowest BCUT2D eigenvalue weighted by Crippen LogP contribution is -2.42. The number of ether oxygens (including phenoxy) is 3. The van der Waals surface area contributed by atoms with E-state index in [4.69, 9.17) is 14.2 Å². The Labute approximate surface area is 144 Å². The molecule has 1 aromatic carbocycles. The number of carbonyl (C=O) groups excluding carboxylic acids is 2. The summed E-state index contributed by atoms with van der Waals surface area (Å²) in [6.07, 6.45) is 1.52. The van der Waals surface area contributed by atoms with Crippen molar-refractivity contribution in [3.63, 3.8) is 0 Å². The predicted octanol–water partition coefficient (Wildman–Crippen LogP) is 0.829. The van der Waals surface area contributed by atoms with Crippen molar-refractivity contribution in [1.29, 1.82) is 0 Å². The molecule has 0 saturated heterocycles. The summed E-state index contributed by atoms with van der Waals surface area (Å²) in [4.78, 5) is 28.5. The maximum absolute atomic E-state index is 12.3. The van der Waals surface area contributed by atoms with Gasteiger partial charge in [-0.15, -0.1) is 0 Å². The number of nitrogens with zero attached hydrogens (tertiary/aromatic N) is 2. The molecule has 0 saturated carbocycles. The molecule has 134 valence electrons. The van der Waals surface area contributed by atoms with Crippen LogP contribution in [0.4, 0.5) is 0 Å². The average molecular weight is 348 g/mol. The first-order valence-electron chi connectivity index (χ1n) is 7.31. The number of hydrogen-bond acceptors (Lipinski definition) is 6. The lowest BCUT2D eigenvalue weighted by atomic mass is 10.1. The van der Waals surface area contributed by atoms with E-state index < -0.39 is 11.8 Å². The number of hydrogen-bond donors (Lipinski definition) is 2. The highest BCUT2D eigenvalue weighted by Gasteiger charge is 2.19. The molecule has 0 spiro atoms. The van der Waals surface area contributed by atoms with Crippen molar-refractivity contribution in [1.82, 2.24) is 20.4 Å². The van der Waals surface area contributed by atoms with Gasteiger partial charge < -0.3 is 18.8 Å². The normalized spacial score (nSPS) is 10.1. The molecular weight excluding hydrogens is 328 g/mol. The fourth-order valence-electron chi connectivity index (χ4n) is 2.33. The number of rotatable bonds is 5. The fourth-order valence-corrected chi connectivity index (χ4v) is 2.33. The Morgan fingerprint density at radius 3 is 2.00 bits per heavy atom. The Bertz CT molecular complexity index is 755. The van der Waals surface area contributed by atoms with Gasteiger partial charge in [-0.05, 0) is 19.1 Å². The summed E-state index contributed by atoms with van der Waals surface area (Å²) in [5.41, 5.74) is 5.85. The number of carbonyl (C=O) groups is 2. The Morgan fingerprint density at radius 1 is 1.00 bits per heavy atom. The van der Waals surface area contributed by atoms with E-state index in [0.29, 0.717) is 28.6 Å². The molecule has 0 unspecified atom stereocenters. The second-order valence-electron chi connectivity index (χ2n) is 5.11. The Morgan fingerprint density at radius 2 is 1.56 bits per heavy atom. The second-order valence-corrected chi connectivity index (χ2v) is 5.11. The zero-order valence-corrected chi connectivity index (χ0v) is 14.7. The lowest BCUT2D eigenvalue weighted by Gasteiger charge is -2.14. The van der Waals surface area contributed by atoms with E-state index in [9.17, 15) is 9.59 Å². The third-order valence-electron chi connectivity index (χ3n) is 3.55. The van der Waals surface area contributed by atoms with Gasteiger partial charge in [-0.25, -0.2) is 4.98 Å². The van der Waals surface area contributed by atoms with Gasteiger partial charge in [0.15, 0.2) is 11.5 Å². The van der Waals surface area contributed by atoms with Crippen LogP contribution in [0.5, 0.6) is 17.2 Å². The van der Waals surface area contributed by atoms with E-state index in [-0.39, 0.29) is 5.56 Å². The number of aromatic nitrogens is 2. The number of benzene rings is 1. The monoisotopic (exact) mass is 348 g/mol. The van der Waals surface area contributed by atoms with E-state index in [0.717, 1.165) is 0 Å². The van der Waals surface area contributed by atoms with Crippen LogP contribution in [0.3, 0.4) is 0 Å². The minimum atomic E-state index is -0.535. The largest absolute Gasteiger partial charge is 0.493 e. The molecule has 0 atom stereocenters. The molecule has 2 amide bonds. The number of imidazole rings is 1. The van der Waals surface area contributed by atoms with Gasteiger partial charge in [0.05, 0.1) is 33.4 Å². The van der Waals surface area contributed by atoms with E-state index in [1.165, 1.54) is 39.8 Å². The van der Waals surface area contributed by atoms with Crippen LogP contribution in [0.1, 0.15) is 26.5 Å². The number of methoxy groups -OCH3 is 3. The molecule has 1 heterocycles. The molecule has 9 heteroatoms. The van der Waals surface area contributed by atoms with Crippen LogP contribution in [-0.2, 0) is 7.05 Å². The van der Waals surface area contributed by atoms with Crippen molar-refractivity contribution in [2.45, 2.75) is 6.92 Å². The van der Waals surface area contributed by atoms with Crippen LogP contribution < -0.4 is 25.1 Å². The van der Waals surface area contributed by atoms with E-state index in [2.05, 4.69) is 15.8 Å². The lowest BCUT2D eigenvalue weighted by molar-refractivity contribution is 0.0841. The third kappa shape index (κ3) is 3.65. The van der Waals surface area contributed by atoms with Gasteiger partial charge in [0.25, 0.3) is 11.8 Å². The number of hydrazine groups is 1. The number of nitrogens with one attached hydrogen (secondary N) is 2. The first kappa shape index (κ1) is 18.1. The first-order valence-corrected chi connectivity index (χ1v) is 7.31. The Hall–Kier alpha value is -3.23. The topological polar surface area (TPSA) is 104 Å². The molecule has 2 aromatic rings. The van der Waals surface area contributed by atoms with Gasteiger partial charge in [-0.2, -0.15) is 0 Å². The highest BCUT2D eigenvalue weighted by molar-refractivity contribution is 5.99. The molecule has 0 fully saturated rings. The van der Waals surface area contributed by atoms with Crippen LogP contribution in [0, 0.1) is 6.92 Å². The van der Waals surface area contributed by atoms with Crippen molar-refractivity contribution >= 4 is 11.8 Å². The molecule has 2 N–H and O–H groups in total. The first-order chi connectivity index (χ1) is 11.9. The second kappa shape index (κ2) is 7.56. The van der Waals surface area contributed by atoms with Crippen molar-refractivity contribution in [3.05, 3.63) is 35.4 Å². The summed E-state index contributed by atoms with van der Waals surface area (Å²) in [7, 11) is 6.06. The molecule has 9 nitrogen and oxygen atoms in total. The smallest absolute Gasteiger partial charge is 0.288 e. The maximum atomic E-state index is 12.3. The van der Waals surface area contributed by atoms with Crippen molar-refractivity contribution in [2.24, 2.45) is 7.05 Å². The van der Waals surface area contributed by atoms with Crippen LogP contribution in [0.2, 0.25) is 0 Å². The van der Waals surface area contributed by atoms with Crippen LogP contribution >= 0.6 is 0 Å². The quantitative estimate of drug-likeness (QED) is 0.776. The average Bonchev–Trinajstić information content (AvgIpc) is 2.96. The SMILES string of the molecule is COc1cc(C(=O)NNC(=O)c2c(C)ncn2C)cc(OC)c1OC. The predicted molar refractivity (Wildman–Crippen MR) is 89.0 cm³/mol. The Balaban J connectivity index is 2.17. The van der Waals surface area contributed by atoms with Gasteiger partial charge in [-0.3, -0.25) is 20.4 Å². The van der Waals surface area contributed by atoms with Crippen LogP contribution in [0.15, 0.2) is 18.5 Å². The fraction of sp³-hybridized carbons (Fsp3) is 0.312. The van der Waals surface area contributed by atoms with Crippen molar-refractivity contribution < 1.29 is 23.8 Å². The standard InChI is InChI=1S/C16H20N4O5/c1-9-13(20(2)8-17-9)16(22)19-18-15(21)10-6-11(23-3)14(25-5)12(7-10)24-4/h6-8H,1-5H3,(H,18,21)(H,19,22). The molecule has 0 radical (unpaired) electrons. The molecule has 2 rings (SSSR count). The molecule has 1 aromatic heterocycles. The Kier molecular flexibility index (Phi) is 5.48. The molecule has 0 aliphatic carbocycles. The minimum absolute atomic E-state index is 0.233. The summed E-state index contributed by atoms with van der Waals surface area (Å²) in [5.74, 6) is 0.0309. The van der Waals surface area contributed by atoms with E-state index >= 15 is 0 Å². The van der Waals surface area contributed by atoms with Gasteiger partial charge in [0, 0.05) is 12.6 Å². The van der Waals surface area contributed by atoms with Crippen LogP contribution in [-0.4, -0.2) is 42.7 Å². The molecule has 0 bridgehead atoms. The van der Waals surface area contributed by atoms with E-state index in [1.54, 1.807) is 18.5 Å². The highest BCUT2D eigenvalue weighted by atomic mass is 16.5. The van der Waals surface area contributed by atoms with Crippen molar-refractivity contribution in [2.75, 3.05) is 21.3 Å². The zero-order chi connectivity index (χ0) is 18.6. The van der Waals surface area contributed by atoms with Crippen molar-refractivity contribution in [3.8, 4) is 17.2 Å². The summed E-state index contributed by atoms with van der Waals surface area (Å²) >= 11 is 0. The molecule has 25 heavy (non-hydrogen) atoms. The summed E-state index contributed by atoms with van der Waals surface area (Å²) in [6.45, 7) is 1.70. The maximum Gasteiger partial charge on any atom is 0.288 e.